The first-order valence-electron chi connectivity index (χ1n) is 9.26. The van der Waals surface area contributed by atoms with Crippen LogP contribution in [0.25, 0.3) is 5.57 Å². The molecule has 0 aromatic heterocycles. The van der Waals surface area contributed by atoms with Gasteiger partial charge in [-0.3, -0.25) is 4.90 Å². The van der Waals surface area contributed by atoms with Gasteiger partial charge in [-0.1, -0.05) is 51.1 Å². The van der Waals surface area contributed by atoms with Crippen molar-refractivity contribution in [2.45, 2.75) is 40.2 Å². The first-order chi connectivity index (χ1) is 11.0. The highest BCUT2D eigenvalue weighted by Crippen LogP contribution is 2.67. The number of hydrogen-bond donors (Lipinski definition) is 1. The molecule has 2 atom stereocenters. The number of nitrogens with zero attached hydrogens (tertiary/aromatic N) is 1. The molecule has 3 aliphatic rings. The number of hydrogen-bond acceptors (Lipinski definition) is 2. The summed E-state index contributed by atoms with van der Waals surface area (Å²) in [5.41, 5.74) is 5.42. The molecule has 1 aliphatic heterocycles. The Bertz CT molecular complexity index is 624. The Morgan fingerprint density at radius 2 is 1.87 bits per heavy atom. The van der Waals surface area contributed by atoms with Crippen LogP contribution in [0.3, 0.4) is 0 Å². The minimum Gasteiger partial charge on any atom is -0.314 e. The molecule has 4 rings (SSSR count). The Kier molecular flexibility index (Phi) is 3.66. The lowest BCUT2D eigenvalue weighted by Crippen LogP contribution is -2.43. The molecule has 2 nitrogen and oxygen atoms in total. The van der Waals surface area contributed by atoms with Crippen LogP contribution in [0.5, 0.6) is 0 Å². The molecule has 124 valence electrons. The second-order valence-corrected chi connectivity index (χ2v) is 8.46. The minimum atomic E-state index is 0.344. The van der Waals surface area contributed by atoms with Gasteiger partial charge in [0.05, 0.1) is 0 Å². The van der Waals surface area contributed by atoms with Gasteiger partial charge in [-0.2, -0.15) is 0 Å². The van der Waals surface area contributed by atoms with E-state index in [1.807, 2.05) is 0 Å². The lowest BCUT2D eigenvalue weighted by atomic mass is 9.66. The molecular weight excluding hydrogens is 280 g/mol. The van der Waals surface area contributed by atoms with Gasteiger partial charge in [-0.05, 0) is 46.3 Å². The van der Waals surface area contributed by atoms with Crippen LogP contribution >= 0.6 is 0 Å². The molecule has 0 radical (unpaired) electrons. The van der Waals surface area contributed by atoms with Crippen molar-refractivity contribution in [3.8, 4) is 0 Å². The van der Waals surface area contributed by atoms with Crippen molar-refractivity contribution in [1.29, 1.82) is 0 Å². The van der Waals surface area contributed by atoms with Gasteiger partial charge >= 0.3 is 0 Å². The third kappa shape index (κ3) is 2.30. The molecule has 2 bridgehead atoms. The molecule has 0 amide bonds. The third-order valence-electron chi connectivity index (χ3n) is 7.18. The standard InChI is InChI=1S/C21H30N2/c1-20(2)17-8-9-21(20,3)19(14-17)18-7-5-4-6-16(18)15-23-12-10-22-11-13-23/h4-7,14,17,22H,8-13,15H2,1-3H3/t17-,21+/m1/s1. The summed E-state index contributed by atoms with van der Waals surface area (Å²) in [6, 6.07) is 9.15. The monoisotopic (exact) mass is 310 g/mol. The zero-order valence-electron chi connectivity index (χ0n) is 14.9. The van der Waals surface area contributed by atoms with Crippen LogP contribution in [0.1, 0.15) is 44.7 Å². The first-order valence-corrected chi connectivity index (χ1v) is 9.26. The molecule has 0 spiro atoms. The van der Waals surface area contributed by atoms with Crippen molar-refractivity contribution in [3.63, 3.8) is 0 Å². The number of piperazine rings is 1. The van der Waals surface area contributed by atoms with Crippen molar-refractivity contribution in [1.82, 2.24) is 10.2 Å². The molecule has 2 fully saturated rings. The number of rotatable bonds is 3. The molecule has 0 unspecified atom stereocenters. The molecule has 1 aromatic carbocycles. The van der Waals surface area contributed by atoms with Crippen LogP contribution in [-0.4, -0.2) is 31.1 Å². The Morgan fingerprint density at radius 1 is 1.13 bits per heavy atom. The van der Waals surface area contributed by atoms with Crippen molar-refractivity contribution >= 4 is 5.57 Å². The molecule has 1 saturated carbocycles. The van der Waals surface area contributed by atoms with E-state index in [4.69, 9.17) is 0 Å². The maximum atomic E-state index is 3.46. The summed E-state index contributed by atoms with van der Waals surface area (Å²) in [7, 11) is 0. The van der Waals surface area contributed by atoms with Crippen LogP contribution in [0.2, 0.25) is 0 Å². The normalized spacial score (nSPS) is 33.0. The largest absolute Gasteiger partial charge is 0.314 e. The van der Waals surface area contributed by atoms with Crippen LogP contribution in [0.4, 0.5) is 0 Å². The van der Waals surface area contributed by atoms with Crippen LogP contribution < -0.4 is 5.32 Å². The molecule has 1 aromatic rings. The van der Waals surface area contributed by atoms with E-state index in [9.17, 15) is 0 Å². The van der Waals surface area contributed by atoms with Gasteiger partial charge in [0.25, 0.3) is 0 Å². The van der Waals surface area contributed by atoms with E-state index in [1.54, 1.807) is 5.57 Å². The maximum absolute atomic E-state index is 3.46. The summed E-state index contributed by atoms with van der Waals surface area (Å²) in [6.07, 6.45) is 5.32. The number of nitrogens with one attached hydrogen (secondary N) is 1. The molecule has 2 aliphatic carbocycles. The van der Waals surface area contributed by atoms with Gasteiger partial charge in [0.2, 0.25) is 0 Å². The van der Waals surface area contributed by atoms with Crippen molar-refractivity contribution in [2.75, 3.05) is 26.2 Å². The summed E-state index contributed by atoms with van der Waals surface area (Å²) in [6.45, 7) is 13.1. The van der Waals surface area contributed by atoms with Gasteiger partial charge in [0, 0.05) is 32.7 Å². The smallest absolute Gasteiger partial charge is 0.0240 e. The number of benzene rings is 1. The molecule has 2 heteroatoms. The molecule has 1 heterocycles. The molecule has 1 N–H and O–H groups in total. The van der Waals surface area contributed by atoms with Crippen LogP contribution in [0.15, 0.2) is 30.3 Å². The molecule has 23 heavy (non-hydrogen) atoms. The SMILES string of the molecule is CC1(C)[C@H]2C=C(c3ccccc3CN3CCNCC3)[C@]1(C)CC2. The molecule has 1 saturated heterocycles. The Hall–Kier alpha value is -1.12. The van der Waals surface area contributed by atoms with Gasteiger partial charge in [0.1, 0.15) is 0 Å². The van der Waals surface area contributed by atoms with Gasteiger partial charge < -0.3 is 5.32 Å². The molecular formula is C21H30N2. The van der Waals surface area contributed by atoms with Gasteiger partial charge in [0.15, 0.2) is 0 Å². The average molecular weight is 310 g/mol. The van der Waals surface area contributed by atoms with Crippen molar-refractivity contribution in [2.24, 2.45) is 16.7 Å². The van der Waals surface area contributed by atoms with Crippen LogP contribution in [0, 0.1) is 16.7 Å². The fourth-order valence-electron chi connectivity index (χ4n) is 5.11. The Morgan fingerprint density at radius 3 is 2.52 bits per heavy atom. The van der Waals surface area contributed by atoms with Crippen molar-refractivity contribution < 1.29 is 0 Å². The number of fused-ring (bicyclic) bond motifs is 2. The third-order valence-corrected chi connectivity index (χ3v) is 7.18. The predicted octanol–water partition coefficient (Wildman–Crippen LogP) is 3.93. The fourth-order valence-corrected chi connectivity index (χ4v) is 5.11. The Labute approximate surface area is 141 Å². The van der Waals surface area contributed by atoms with E-state index in [0.29, 0.717) is 10.8 Å². The average Bonchev–Trinajstić information content (AvgIpc) is 2.89. The second-order valence-electron chi connectivity index (χ2n) is 8.46. The second kappa shape index (κ2) is 5.46. The summed E-state index contributed by atoms with van der Waals surface area (Å²) < 4.78 is 0. The Balaban J connectivity index is 1.67. The maximum Gasteiger partial charge on any atom is 0.0240 e. The van der Waals surface area contributed by atoms with E-state index < -0.39 is 0 Å². The first kappa shape index (κ1) is 15.4. The van der Waals surface area contributed by atoms with E-state index in [2.05, 4.69) is 61.3 Å². The highest BCUT2D eigenvalue weighted by Gasteiger charge is 2.57. The zero-order chi connectivity index (χ0) is 16.1. The van der Waals surface area contributed by atoms with Crippen molar-refractivity contribution in [3.05, 3.63) is 41.5 Å². The predicted molar refractivity (Wildman–Crippen MR) is 97.2 cm³/mol. The van der Waals surface area contributed by atoms with Gasteiger partial charge in [-0.25, -0.2) is 0 Å². The lowest BCUT2D eigenvalue weighted by Gasteiger charge is -2.38. The number of allylic oxidation sites excluding steroid dienone is 2. The summed E-state index contributed by atoms with van der Waals surface area (Å²) in [4.78, 5) is 2.59. The summed E-state index contributed by atoms with van der Waals surface area (Å²) >= 11 is 0. The van der Waals surface area contributed by atoms with E-state index in [1.165, 1.54) is 37.1 Å². The fraction of sp³-hybridized carbons (Fsp3) is 0.619. The van der Waals surface area contributed by atoms with E-state index >= 15 is 0 Å². The minimum absolute atomic E-state index is 0.344. The highest BCUT2D eigenvalue weighted by molar-refractivity contribution is 5.77. The summed E-state index contributed by atoms with van der Waals surface area (Å²) in [5.74, 6) is 0.759. The summed E-state index contributed by atoms with van der Waals surface area (Å²) in [5, 5.41) is 3.46. The van der Waals surface area contributed by atoms with Gasteiger partial charge in [-0.15, -0.1) is 0 Å². The topological polar surface area (TPSA) is 15.3 Å². The van der Waals surface area contributed by atoms with E-state index in [0.717, 1.165) is 25.6 Å². The quantitative estimate of drug-likeness (QED) is 0.910. The highest BCUT2D eigenvalue weighted by atomic mass is 15.2. The lowest BCUT2D eigenvalue weighted by molar-refractivity contribution is 0.189. The van der Waals surface area contributed by atoms with Crippen LogP contribution in [-0.2, 0) is 6.54 Å². The van der Waals surface area contributed by atoms with E-state index in [-0.39, 0.29) is 0 Å². The zero-order valence-corrected chi connectivity index (χ0v) is 14.9.